The minimum absolute atomic E-state index is 0.0512. The van der Waals surface area contributed by atoms with Crippen LogP contribution in [0.1, 0.15) is 19.8 Å². The Morgan fingerprint density at radius 1 is 1.14 bits per heavy atom. The molecule has 0 aromatic rings. The number of allylic oxidation sites excluding steroid dienone is 1. The van der Waals surface area contributed by atoms with Crippen molar-refractivity contribution < 1.29 is 23.9 Å². The van der Waals surface area contributed by atoms with Gasteiger partial charge in [-0.1, -0.05) is 13.5 Å². The summed E-state index contributed by atoms with van der Waals surface area (Å²) in [4.78, 5) is 30.2. The molecule has 0 N–H and O–H groups in total. The van der Waals surface area contributed by atoms with E-state index in [1.165, 1.54) is 39.4 Å². The molecule has 7 nitrogen and oxygen atoms in total. The van der Waals surface area contributed by atoms with Gasteiger partial charge < -0.3 is 14.4 Å². The fraction of sp³-hybridized carbons (Fsp3) is 0.600. The fourth-order valence-electron chi connectivity index (χ4n) is 1.75. The second-order valence-electron chi connectivity index (χ2n) is 4.39. The van der Waals surface area contributed by atoms with E-state index in [9.17, 15) is 9.59 Å². The van der Waals surface area contributed by atoms with Gasteiger partial charge in [0.2, 0.25) is 5.91 Å². The van der Waals surface area contributed by atoms with Crippen molar-refractivity contribution in [1.82, 2.24) is 9.96 Å². The van der Waals surface area contributed by atoms with Crippen molar-refractivity contribution in [1.29, 1.82) is 0 Å². The first kappa shape index (κ1) is 20.0. The smallest absolute Gasteiger partial charge is 0.265 e. The summed E-state index contributed by atoms with van der Waals surface area (Å²) in [5.41, 5.74) is 0. The Morgan fingerprint density at radius 2 is 1.77 bits per heavy atom. The predicted molar refractivity (Wildman–Crippen MR) is 82.5 cm³/mol. The maximum absolute atomic E-state index is 12.0. The Bertz CT molecular complexity index is 420. The number of ether oxygens (including phenoxy) is 2. The fourth-order valence-corrected chi connectivity index (χ4v) is 1.75. The summed E-state index contributed by atoms with van der Waals surface area (Å²) in [7, 11) is 5.93. The average molecular weight is 314 g/mol. The molecule has 126 valence electrons. The molecule has 0 atom stereocenters. The highest BCUT2D eigenvalue weighted by Gasteiger charge is 2.19. The number of carbonyl (C=O) groups is 2. The summed E-state index contributed by atoms with van der Waals surface area (Å²) in [6, 6.07) is 0. The zero-order valence-electron chi connectivity index (χ0n) is 14.0. The summed E-state index contributed by atoms with van der Waals surface area (Å²) in [5.74, 6) is 0.652. The van der Waals surface area contributed by atoms with E-state index in [1.54, 1.807) is 6.92 Å². The van der Waals surface area contributed by atoms with E-state index in [1.807, 2.05) is 0 Å². The molecule has 0 spiro atoms. The lowest BCUT2D eigenvalue weighted by molar-refractivity contribution is -0.171. The van der Waals surface area contributed by atoms with E-state index >= 15 is 0 Å². The van der Waals surface area contributed by atoms with Crippen molar-refractivity contribution in [2.24, 2.45) is 0 Å². The molecular weight excluding hydrogens is 288 g/mol. The first-order chi connectivity index (χ1) is 10.4. The van der Waals surface area contributed by atoms with E-state index in [0.29, 0.717) is 30.9 Å². The molecule has 0 aliphatic heterocycles. The topological polar surface area (TPSA) is 68.3 Å². The van der Waals surface area contributed by atoms with Crippen LogP contribution < -0.4 is 0 Å². The van der Waals surface area contributed by atoms with Crippen LogP contribution in [0.2, 0.25) is 0 Å². The lowest BCUT2D eigenvalue weighted by Gasteiger charge is -2.24. The molecule has 0 aliphatic rings. The number of carbonyl (C=O) groups excluding carboxylic acids is 2. The zero-order chi connectivity index (χ0) is 17.1. The second-order valence-corrected chi connectivity index (χ2v) is 4.39. The van der Waals surface area contributed by atoms with Crippen LogP contribution in [0.3, 0.4) is 0 Å². The van der Waals surface area contributed by atoms with E-state index < -0.39 is 0 Å². The number of hydrogen-bond donors (Lipinski definition) is 0. The maximum atomic E-state index is 12.0. The molecular formula is C15H26N2O5. The van der Waals surface area contributed by atoms with Crippen LogP contribution >= 0.6 is 0 Å². The molecule has 0 aromatic heterocycles. The Hall–Kier alpha value is -2.02. The van der Waals surface area contributed by atoms with E-state index in [2.05, 4.69) is 6.58 Å². The zero-order valence-corrected chi connectivity index (χ0v) is 14.0. The Balaban J connectivity index is 4.94. The molecule has 0 aromatic carbocycles. The van der Waals surface area contributed by atoms with Crippen LogP contribution in [0.15, 0.2) is 24.2 Å². The van der Waals surface area contributed by atoms with Gasteiger partial charge in [-0.25, -0.2) is 5.06 Å². The van der Waals surface area contributed by atoms with E-state index in [4.69, 9.17) is 14.3 Å². The van der Waals surface area contributed by atoms with Crippen LogP contribution in [0, 0.1) is 0 Å². The summed E-state index contributed by atoms with van der Waals surface area (Å²) in [6.07, 6.45) is 2.27. The van der Waals surface area contributed by atoms with Crippen LogP contribution in [0.5, 0.6) is 0 Å². The van der Waals surface area contributed by atoms with Crippen LogP contribution in [0.25, 0.3) is 0 Å². The highest BCUT2D eigenvalue weighted by molar-refractivity contribution is 5.84. The SMILES string of the molecule is C=C/C(OC)=C(\CCN(CC(=O)N(C)OC)C(=O)CC)OC. The van der Waals surface area contributed by atoms with Crippen LogP contribution in [0.4, 0.5) is 0 Å². The normalized spacial score (nSPS) is 11.3. The molecule has 0 fully saturated rings. The first-order valence-corrected chi connectivity index (χ1v) is 6.97. The molecule has 7 heteroatoms. The average Bonchev–Trinajstić information content (AvgIpc) is 2.55. The molecule has 0 aliphatic carbocycles. The minimum Gasteiger partial charge on any atom is -0.497 e. The van der Waals surface area contributed by atoms with Crippen molar-refractivity contribution in [3.8, 4) is 0 Å². The Kier molecular flexibility index (Phi) is 9.69. The predicted octanol–water partition coefficient (Wildman–Crippen LogP) is 1.33. The standard InChI is InChI=1S/C15H26N2O5/c1-7-12(20-4)13(21-5)9-10-17(14(18)8-2)11-15(19)16(3)22-6/h7H,1,8-11H2,2-6H3/b13-12-. The lowest BCUT2D eigenvalue weighted by Crippen LogP contribution is -2.41. The number of rotatable bonds is 10. The molecule has 0 heterocycles. The Morgan fingerprint density at radius 3 is 2.18 bits per heavy atom. The maximum Gasteiger partial charge on any atom is 0.265 e. The van der Waals surface area contributed by atoms with Gasteiger partial charge in [0.25, 0.3) is 5.91 Å². The monoisotopic (exact) mass is 314 g/mol. The van der Waals surface area contributed by atoms with Gasteiger partial charge in [0.15, 0.2) is 5.76 Å². The first-order valence-electron chi connectivity index (χ1n) is 6.97. The van der Waals surface area contributed by atoms with Gasteiger partial charge in [0, 0.05) is 26.4 Å². The molecule has 22 heavy (non-hydrogen) atoms. The number of hydroxylamine groups is 2. The molecule has 0 rings (SSSR count). The van der Waals surface area contributed by atoms with Gasteiger partial charge in [-0.3, -0.25) is 14.4 Å². The summed E-state index contributed by atoms with van der Waals surface area (Å²) in [5, 5.41) is 1.09. The molecule has 0 bridgehead atoms. The number of nitrogens with zero attached hydrogens (tertiary/aromatic N) is 2. The number of methoxy groups -OCH3 is 2. The van der Waals surface area contributed by atoms with E-state index in [-0.39, 0.29) is 18.4 Å². The molecule has 0 unspecified atom stereocenters. The van der Waals surface area contributed by atoms with Gasteiger partial charge in [-0.15, -0.1) is 0 Å². The van der Waals surface area contributed by atoms with Gasteiger partial charge in [-0.2, -0.15) is 0 Å². The summed E-state index contributed by atoms with van der Waals surface area (Å²) >= 11 is 0. The summed E-state index contributed by atoms with van der Waals surface area (Å²) in [6.45, 7) is 5.67. The van der Waals surface area contributed by atoms with Crippen LogP contribution in [-0.4, -0.2) is 63.2 Å². The highest BCUT2D eigenvalue weighted by atomic mass is 16.7. The molecule has 0 saturated heterocycles. The van der Waals surface area contributed by atoms with Crippen molar-refractivity contribution in [2.45, 2.75) is 19.8 Å². The van der Waals surface area contributed by atoms with Crippen molar-refractivity contribution in [3.63, 3.8) is 0 Å². The minimum atomic E-state index is -0.303. The Labute approximate surface area is 132 Å². The molecule has 0 radical (unpaired) electrons. The van der Waals surface area contributed by atoms with Gasteiger partial charge in [-0.05, 0) is 6.08 Å². The van der Waals surface area contributed by atoms with Gasteiger partial charge in [0.05, 0.1) is 21.3 Å². The van der Waals surface area contributed by atoms with Crippen molar-refractivity contribution >= 4 is 11.8 Å². The molecule has 2 amide bonds. The largest absolute Gasteiger partial charge is 0.497 e. The summed E-state index contributed by atoms with van der Waals surface area (Å²) < 4.78 is 10.4. The van der Waals surface area contributed by atoms with Crippen LogP contribution in [-0.2, 0) is 23.9 Å². The number of hydrogen-bond acceptors (Lipinski definition) is 5. The quantitative estimate of drug-likeness (QED) is 0.346. The number of amides is 2. The number of likely N-dealkylation sites (N-methyl/N-ethyl adjacent to an activating group) is 1. The van der Waals surface area contributed by atoms with Gasteiger partial charge in [0.1, 0.15) is 12.3 Å². The second kappa shape index (κ2) is 10.7. The van der Waals surface area contributed by atoms with Crippen molar-refractivity contribution in [2.75, 3.05) is 41.5 Å². The third-order valence-corrected chi connectivity index (χ3v) is 3.14. The molecule has 0 saturated carbocycles. The highest BCUT2D eigenvalue weighted by Crippen LogP contribution is 2.13. The third kappa shape index (κ3) is 6.17. The third-order valence-electron chi connectivity index (χ3n) is 3.14. The van der Waals surface area contributed by atoms with E-state index in [0.717, 1.165) is 5.06 Å². The van der Waals surface area contributed by atoms with Crippen molar-refractivity contribution in [3.05, 3.63) is 24.2 Å². The van der Waals surface area contributed by atoms with Gasteiger partial charge >= 0.3 is 0 Å². The lowest BCUT2D eigenvalue weighted by atomic mass is 10.2.